The van der Waals surface area contributed by atoms with Gasteiger partial charge >= 0.3 is 0 Å². The zero-order chi connectivity index (χ0) is 15.5. The summed E-state index contributed by atoms with van der Waals surface area (Å²) in [4.78, 5) is 11.1. The summed E-state index contributed by atoms with van der Waals surface area (Å²) in [5, 5.41) is 11.8. The van der Waals surface area contributed by atoms with Gasteiger partial charge < -0.3 is 10.4 Å². The van der Waals surface area contributed by atoms with E-state index in [1.165, 1.54) is 19.1 Å². The molecule has 3 N–H and O–H groups in total. The Morgan fingerprint density at radius 3 is 2.52 bits per heavy atom. The van der Waals surface area contributed by atoms with E-state index >= 15 is 0 Å². The van der Waals surface area contributed by atoms with Crippen LogP contribution in [0.25, 0.3) is 0 Å². The molecule has 0 spiro atoms. The molecule has 0 aliphatic heterocycles. The molecule has 7 heteroatoms. The van der Waals surface area contributed by atoms with Crippen LogP contribution in [0.15, 0.2) is 29.2 Å². The van der Waals surface area contributed by atoms with Crippen molar-refractivity contribution in [1.29, 1.82) is 0 Å². The Morgan fingerprint density at radius 2 is 1.95 bits per heavy atom. The molecule has 2 rings (SSSR count). The molecule has 0 aromatic heterocycles. The molecule has 1 amide bonds. The molecule has 1 aliphatic rings. The van der Waals surface area contributed by atoms with E-state index in [4.69, 9.17) is 0 Å². The number of hydrogen-bond acceptors (Lipinski definition) is 4. The van der Waals surface area contributed by atoms with Gasteiger partial charge in [-0.2, -0.15) is 0 Å². The fraction of sp³-hybridized carbons (Fsp3) is 0.500. The Labute approximate surface area is 124 Å². The highest BCUT2D eigenvalue weighted by Crippen LogP contribution is 2.26. The van der Waals surface area contributed by atoms with Gasteiger partial charge in [0.05, 0.1) is 4.90 Å². The molecule has 1 aliphatic carbocycles. The predicted molar refractivity (Wildman–Crippen MR) is 79.3 cm³/mol. The number of carbonyl (C=O) groups excluding carboxylic acids is 1. The Hall–Kier alpha value is -1.44. The fourth-order valence-corrected chi connectivity index (χ4v) is 3.94. The molecule has 2 unspecified atom stereocenters. The molecule has 0 heterocycles. The van der Waals surface area contributed by atoms with Gasteiger partial charge in [0.25, 0.3) is 0 Å². The van der Waals surface area contributed by atoms with E-state index < -0.39 is 10.0 Å². The third-order valence-corrected chi connectivity index (χ3v) is 5.19. The van der Waals surface area contributed by atoms with Crippen LogP contribution >= 0.6 is 0 Å². The van der Waals surface area contributed by atoms with Crippen molar-refractivity contribution in [2.75, 3.05) is 11.9 Å². The highest BCUT2D eigenvalue weighted by molar-refractivity contribution is 7.89. The Kier molecular flexibility index (Phi) is 4.97. The van der Waals surface area contributed by atoms with Crippen LogP contribution in [0.2, 0.25) is 0 Å². The quantitative estimate of drug-likeness (QED) is 0.758. The van der Waals surface area contributed by atoms with Gasteiger partial charge in [0.1, 0.15) is 0 Å². The lowest BCUT2D eigenvalue weighted by molar-refractivity contribution is -0.114. The largest absolute Gasteiger partial charge is 0.396 e. The van der Waals surface area contributed by atoms with Crippen LogP contribution < -0.4 is 10.0 Å². The maximum absolute atomic E-state index is 12.3. The normalized spacial score (nSPS) is 22.2. The van der Waals surface area contributed by atoms with Crippen molar-refractivity contribution >= 4 is 21.6 Å². The molecule has 6 nitrogen and oxygen atoms in total. The SMILES string of the molecule is CC(=O)Nc1ccc(S(=O)(=O)NC2CCCC2CO)cc1. The highest BCUT2D eigenvalue weighted by Gasteiger charge is 2.30. The van der Waals surface area contributed by atoms with Gasteiger partial charge in [-0.3, -0.25) is 4.79 Å². The first-order valence-corrected chi connectivity index (χ1v) is 8.41. The summed E-state index contributed by atoms with van der Waals surface area (Å²) >= 11 is 0. The first-order chi connectivity index (χ1) is 9.92. The number of amides is 1. The Morgan fingerprint density at radius 1 is 1.29 bits per heavy atom. The molecule has 1 saturated carbocycles. The number of nitrogens with one attached hydrogen (secondary N) is 2. The molecular weight excluding hydrogens is 292 g/mol. The minimum absolute atomic E-state index is 0.00530. The van der Waals surface area contributed by atoms with Crippen LogP contribution in [0.1, 0.15) is 26.2 Å². The van der Waals surface area contributed by atoms with E-state index in [1.54, 1.807) is 12.1 Å². The lowest BCUT2D eigenvalue weighted by atomic mass is 10.1. The first kappa shape index (κ1) is 15.9. The van der Waals surface area contributed by atoms with Crippen molar-refractivity contribution in [3.05, 3.63) is 24.3 Å². The molecule has 1 aromatic carbocycles. The number of sulfonamides is 1. The van der Waals surface area contributed by atoms with Gasteiger partial charge in [0.2, 0.25) is 15.9 Å². The summed E-state index contributed by atoms with van der Waals surface area (Å²) in [6.45, 7) is 1.38. The third kappa shape index (κ3) is 4.03. The lowest BCUT2D eigenvalue weighted by Gasteiger charge is -2.19. The van der Waals surface area contributed by atoms with E-state index in [9.17, 15) is 18.3 Å². The van der Waals surface area contributed by atoms with E-state index in [2.05, 4.69) is 10.0 Å². The number of aliphatic hydroxyl groups excluding tert-OH is 1. The number of hydrogen-bond donors (Lipinski definition) is 3. The van der Waals surface area contributed by atoms with Crippen LogP contribution in [0.3, 0.4) is 0 Å². The van der Waals surface area contributed by atoms with E-state index in [0.717, 1.165) is 19.3 Å². The standard InChI is InChI=1S/C14H20N2O4S/c1-10(18)15-12-5-7-13(8-6-12)21(19,20)16-14-4-2-3-11(14)9-17/h5-8,11,14,16-17H,2-4,9H2,1H3,(H,15,18). The van der Waals surface area contributed by atoms with Gasteiger partial charge in [0, 0.05) is 25.3 Å². The lowest BCUT2D eigenvalue weighted by Crippen LogP contribution is -2.38. The monoisotopic (exact) mass is 312 g/mol. The highest BCUT2D eigenvalue weighted by atomic mass is 32.2. The van der Waals surface area contributed by atoms with Crippen molar-refractivity contribution in [3.63, 3.8) is 0 Å². The zero-order valence-electron chi connectivity index (χ0n) is 11.9. The van der Waals surface area contributed by atoms with Crippen molar-refractivity contribution < 1.29 is 18.3 Å². The maximum atomic E-state index is 12.3. The van der Waals surface area contributed by atoms with Crippen LogP contribution in [0.5, 0.6) is 0 Å². The van der Waals surface area contributed by atoms with Crippen LogP contribution in [0.4, 0.5) is 5.69 Å². The van der Waals surface area contributed by atoms with Crippen molar-refractivity contribution in [2.45, 2.75) is 37.1 Å². The van der Waals surface area contributed by atoms with Gasteiger partial charge in [-0.1, -0.05) is 6.42 Å². The molecule has 1 aromatic rings. The second-order valence-electron chi connectivity index (χ2n) is 5.31. The summed E-state index contributed by atoms with van der Waals surface area (Å²) in [5.41, 5.74) is 0.551. The maximum Gasteiger partial charge on any atom is 0.240 e. The van der Waals surface area contributed by atoms with Gasteiger partial charge in [-0.05, 0) is 43.0 Å². The van der Waals surface area contributed by atoms with Gasteiger partial charge in [-0.15, -0.1) is 0 Å². The number of rotatable bonds is 5. The summed E-state index contributed by atoms with van der Waals surface area (Å²) in [6.07, 6.45) is 2.50. The van der Waals surface area contributed by atoms with Crippen molar-refractivity contribution in [2.24, 2.45) is 5.92 Å². The van der Waals surface area contributed by atoms with Crippen LogP contribution in [0, 0.1) is 5.92 Å². The minimum atomic E-state index is -3.61. The summed E-state index contributed by atoms with van der Waals surface area (Å²) < 4.78 is 27.3. The van der Waals surface area contributed by atoms with Crippen LogP contribution in [-0.2, 0) is 14.8 Å². The molecule has 0 radical (unpaired) electrons. The van der Waals surface area contributed by atoms with Crippen LogP contribution in [-0.4, -0.2) is 32.1 Å². The second-order valence-corrected chi connectivity index (χ2v) is 7.02. The predicted octanol–water partition coefficient (Wildman–Crippen LogP) is 1.08. The molecule has 1 fully saturated rings. The Balaban J connectivity index is 2.10. The zero-order valence-corrected chi connectivity index (χ0v) is 12.7. The Bertz CT molecular complexity index is 598. The first-order valence-electron chi connectivity index (χ1n) is 6.93. The van der Waals surface area contributed by atoms with Crippen molar-refractivity contribution in [3.8, 4) is 0 Å². The molecule has 21 heavy (non-hydrogen) atoms. The molecule has 2 atom stereocenters. The van der Waals surface area contributed by atoms with E-state index in [0.29, 0.717) is 5.69 Å². The number of aliphatic hydroxyl groups is 1. The number of carbonyl (C=O) groups is 1. The van der Waals surface area contributed by atoms with Crippen molar-refractivity contribution in [1.82, 2.24) is 4.72 Å². The average molecular weight is 312 g/mol. The van der Waals surface area contributed by atoms with Gasteiger partial charge in [0.15, 0.2) is 0 Å². The number of benzene rings is 1. The summed E-state index contributed by atoms with van der Waals surface area (Å²) in [6, 6.07) is 5.80. The topological polar surface area (TPSA) is 95.5 Å². The minimum Gasteiger partial charge on any atom is -0.396 e. The third-order valence-electron chi connectivity index (χ3n) is 3.69. The molecule has 0 saturated heterocycles. The molecule has 0 bridgehead atoms. The van der Waals surface area contributed by atoms with E-state index in [1.807, 2.05) is 0 Å². The second kappa shape index (κ2) is 6.55. The molecule has 116 valence electrons. The summed E-state index contributed by atoms with van der Waals surface area (Å²) in [5.74, 6) is -0.223. The molecular formula is C14H20N2O4S. The fourth-order valence-electron chi connectivity index (χ4n) is 2.60. The number of anilines is 1. The smallest absolute Gasteiger partial charge is 0.240 e. The summed E-state index contributed by atoms with van der Waals surface area (Å²) in [7, 11) is -3.61. The van der Waals surface area contributed by atoms with E-state index in [-0.39, 0.29) is 29.4 Å². The average Bonchev–Trinajstić information content (AvgIpc) is 2.85. The van der Waals surface area contributed by atoms with Gasteiger partial charge in [-0.25, -0.2) is 13.1 Å².